The summed E-state index contributed by atoms with van der Waals surface area (Å²) in [6.07, 6.45) is 10.5. The summed E-state index contributed by atoms with van der Waals surface area (Å²) in [7, 11) is 1.68. The number of methoxy groups -OCH3 is 1. The van der Waals surface area contributed by atoms with Gasteiger partial charge < -0.3 is 15.4 Å². The zero-order valence-corrected chi connectivity index (χ0v) is 16.8. The minimum atomic E-state index is 0.347. The number of aryl methyl sites for hydroxylation is 1. The summed E-state index contributed by atoms with van der Waals surface area (Å²) in [5.41, 5.74) is 0. The van der Waals surface area contributed by atoms with Crippen molar-refractivity contribution in [3.05, 3.63) is 11.6 Å². The highest BCUT2D eigenvalue weighted by Crippen LogP contribution is 2.44. The Labute approximate surface area is 162 Å². The maximum absolute atomic E-state index is 5.16. The number of ether oxygens (including phenoxy) is 1. The zero-order valence-electron chi connectivity index (χ0n) is 16.8. The SMILES string of the molecule is CCN=C(NC1CCc2nc(COC)nn2C1)NC1CC1C1CCCCC1. The number of nitrogens with one attached hydrogen (secondary N) is 2. The van der Waals surface area contributed by atoms with Gasteiger partial charge in [0.05, 0.1) is 6.54 Å². The van der Waals surface area contributed by atoms with Crippen molar-refractivity contribution in [2.45, 2.75) is 83.5 Å². The van der Waals surface area contributed by atoms with Gasteiger partial charge in [0.25, 0.3) is 0 Å². The maximum Gasteiger partial charge on any atom is 0.191 e. The molecule has 2 aliphatic carbocycles. The highest BCUT2D eigenvalue weighted by Gasteiger charge is 2.43. The fourth-order valence-corrected chi connectivity index (χ4v) is 4.79. The molecule has 2 N–H and O–H groups in total. The van der Waals surface area contributed by atoms with Crippen LogP contribution >= 0.6 is 0 Å². The van der Waals surface area contributed by atoms with Crippen molar-refractivity contribution >= 4 is 5.96 Å². The summed E-state index contributed by atoms with van der Waals surface area (Å²) in [5.74, 6) is 4.62. The van der Waals surface area contributed by atoms with Crippen molar-refractivity contribution in [1.82, 2.24) is 25.4 Å². The Morgan fingerprint density at radius 2 is 2.07 bits per heavy atom. The number of nitrogens with zero attached hydrogens (tertiary/aromatic N) is 4. The first-order valence-electron chi connectivity index (χ1n) is 10.8. The van der Waals surface area contributed by atoms with Gasteiger partial charge in [-0.3, -0.25) is 4.99 Å². The second kappa shape index (κ2) is 8.59. The van der Waals surface area contributed by atoms with E-state index in [1.165, 1.54) is 38.5 Å². The summed E-state index contributed by atoms with van der Waals surface area (Å²) in [6, 6.07) is 0.962. The van der Waals surface area contributed by atoms with Crippen LogP contribution in [-0.4, -0.2) is 46.5 Å². The lowest BCUT2D eigenvalue weighted by Crippen LogP contribution is -2.48. The second-order valence-corrected chi connectivity index (χ2v) is 8.31. The Hall–Kier alpha value is -1.63. The molecule has 1 aromatic rings. The van der Waals surface area contributed by atoms with Gasteiger partial charge in [0.1, 0.15) is 12.4 Å². The van der Waals surface area contributed by atoms with Crippen molar-refractivity contribution in [2.24, 2.45) is 16.8 Å². The van der Waals surface area contributed by atoms with E-state index in [1.807, 2.05) is 4.68 Å². The van der Waals surface area contributed by atoms with Gasteiger partial charge in [-0.05, 0) is 31.6 Å². The number of aromatic nitrogens is 3. The quantitative estimate of drug-likeness (QED) is 0.590. The van der Waals surface area contributed by atoms with Crippen molar-refractivity contribution in [3.8, 4) is 0 Å². The van der Waals surface area contributed by atoms with E-state index in [1.54, 1.807) is 7.11 Å². The lowest BCUT2D eigenvalue weighted by Gasteiger charge is -2.26. The topological polar surface area (TPSA) is 76.4 Å². The Morgan fingerprint density at radius 3 is 2.85 bits per heavy atom. The molecule has 0 radical (unpaired) electrons. The van der Waals surface area contributed by atoms with Crippen LogP contribution in [0.25, 0.3) is 0 Å². The predicted octanol–water partition coefficient (Wildman–Crippen LogP) is 2.26. The van der Waals surface area contributed by atoms with Gasteiger partial charge in [-0.2, -0.15) is 5.10 Å². The van der Waals surface area contributed by atoms with Crippen LogP contribution < -0.4 is 10.6 Å². The molecule has 3 atom stereocenters. The van der Waals surface area contributed by atoms with Crippen LogP contribution in [0.15, 0.2) is 4.99 Å². The van der Waals surface area contributed by atoms with Crippen LogP contribution in [0.5, 0.6) is 0 Å². The molecular weight excluding hydrogens is 340 g/mol. The molecule has 0 bridgehead atoms. The molecular formula is C20H34N6O. The molecule has 0 spiro atoms. The minimum Gasteiger partial charge on any atom is -0.377 e. The number of guanidine groups is 1. The molecule has 1 aliphatic heterocycles. The normalized spacial score (nSPS) is 28.7. The highest BCUT2D eigenvalue weighted by molar-refractivity contribution is 5.80. The Morgan fingerprint density at radius 1 is 1.22 bits per heavy atom. The number of rotatable bonds is 6. The number of fused-ring (bicyclic) bond motifs is 1. The monoisotopic (exact) mass is 374 g/mol. The fourth-order valence-electron chi connectivity index (χ4n) is 4.79. The van der Waals surface area contributed by atoms with E-state index >= 15 is 0 Å². The highest BCUT2D eigenvalue weighted by atomic mass is 16.5. The van der Waals surface area contributed by atoms with E-state index in [2.05, 4.69) is 27.6 Å². The molecule has 27 heavy (non-hydrogen) atoms. The summed E-state index contributed by atoms with van der Waals surface area (Å²) < 4.78 is 7.19. The van der Waals surface area contributed by atoms with E-state index in [0.717, 1.165) is 55.4 Å². The van der Waals surface area contributed by atoms with E-state index in [4.69, 9.17) is 9.73 Å². The number of aliphatic imine (C=N–C) groups is 1. The predicted molar refractivity (Wildman–Crippen MR) is 106 cm³/mol. The van der Waals surface area contributed by atoms with Gasteiger partial charge in [-0.15, -0.1) is 0 Å². The van der Waals surface area contributed by atoms with Crippen LogP contribution in [0.3, 0.4) is 0 Å². The second-order valence-electron chi connectivity index (χ2n) is 8.31. The molecule has 4 rings (SSSR count). The van der Waals surface area contributed by atoms with E-state index in [0.29, 0.717) is 18.7 Å². The van der Waals surface area contributed by atoms with Crippen molar-refractivity contribution < 1.29 is 4.74 Å². The molecule has 2 saturated carbocycles. The lowest BCUT2D eigenvalue weighted by atomic mass is 9.85. The van der Waals surface area contributed by atoms with E-state index in [-0.39, 0.29) is 0 Å². The van der Waals surface area contributed by atoms with E-state index in [9.17, 15) is 0 Å². The first kappa shape index (κ1) is 18.7. The average molecular weight is 375 g/mol. The van der Waals surface area contributed by atoms with Crippen LogP contribution in [-0.2, 0) is 24.3 Å². The van der Waals surface area contributed by atoms with E-state index < -0.39 is 0 Å². The van der Waals surface area contributed by atoms with Gasteiger partial charge in [-0.1, -0.05) is 32.1 Å². The summed E-state index contributed by atoms with van der Waals surface area (Å²) >= 11 is 0. The molecule has 3 aliphatic rings. The van der Waals surface area contributed by atoms with Crippen molar-refractivity contribution in [1.29, 1.82) is 0 Å². The summed E-state index contributed by atoms with van der Waals surface area (Å²) in [5, 5.41) is 11.9. The molecule has 0 amide bonds. The molecule has 150 valence electrons. The molecule has 1 aromatic heterocycles. The smallest absolute Gasteiger partial charge is 0.191 e. The van der Waals surface area contributed by atoms with Gasteiger partial charge >= 0.3 is 0 Å². The van der Waals surface area contributed by atoms with Crippen LogP contribution in [0.4, 0.5) is 0 Å². The Bertz CT molecular complexity index is 651. The van der Waals surface area contributed by atoms with Gasteiger partial charge in [-0.25, -0.2) is 9.67 Å². The average Bonchev–Trinajstić information content (AvgIpc) is 3.32. The van der Waals surface area contributed by atoms with Gasteiger partial charge in [0, 0.05) is 32.2 Å². The molecule has 7 nitrogen and oxygen atoms in total. The molecule has 2 heterocycles. The molecule has 7 heteroatoms. The first-order chi connectivity index (χ1) is 13.3. The first-order valence-corrected chi connectivity index (χ1v) is 10.8. The molecule has 3 unspecified atom stereocenters. The maximum atomic E-state index is 5.16. The Kier molecular flexibility index (Phi) is 5.95. The number of hydrogen-bond acceptors (Lipinski definition) is 4. The van der Waals surface area contributed by atoms with Crippen molar-refractivity contribution in [2.75, 3.05) is 13.7 Å². The largest absolute Gasteiger partial charge is 0.377 e. The zero-order chi connectivity index (χ0) is 18.6. The van der Waals surface area contributed by atoms with Gasteiger partial charge in [0.2, 0.25) is 0 Å². The minimum absolute atomic E-state index is 0.347. The summed E-state index contributed by atoms with van der Waals surface area (Å²) in [6.45, 7) is 4.22. The molecule has 2 fully saturated rings. The van der Waals surface area contributed by atoms with Gasteiger partial charge in [0.15, 0.2) is 11.8 Å². The third-order valence-corrected chi connectivity index (χ3v) is 6.25. The standard InChI is InChI=1S/C20H34N6O/c1-3-21-20(23-17-11-16(17)14-7-5-4-6-8-14)22-15-9-10-19-24-18(13-27-2)25-26(19)12-15/h14-17H,3-13H2,1-2H3,(H2,21,22,23). The van der Waals surface area contributed by atoms with Crippen LogP contribution in [0.1, 0.15) is 63.5 Å². The van der Waals surface area contributed by atoms with Crippen molar-refractivity contribution in [3.63, 3.8) is 0 Å². The van der Waals surface area contributed by atoms with Crippen LogP contribution in [0.2, 0.25) is 0 Å². The fraction of sp³-hybridized carbons (Fsp3) is 0.850. The lowest BCUT2D eigenvalue weighted by molar-refractivity contribution is 0.177. The molecule has 0 aromatic carbocycles. The third kappa shape index (κ3) is 4.62. The summed E-state index contributed by atoms with van der Waals surface area (Å²) in [4.78, 5) is 9.26. The van der Waals surface area contributed by atoms with Crippen LogP contribution in [0, 0.1) is 11.8 Å². The third-order valence-electron chi connectivity index (χ3n) is 6.25. The number of hydrogen-bond donors (Lipinski definition) is 2. The Balaban J connectivity index is 1.30. The molecule has 0 saturated heterocycles.